The Morgan fingerprint density at radius 3 is 2.42 bits per heavy atom. The van der Waals surface area contributed by atoms with E-state index in [0.29, 0.717) is 18.3 Å². The van der Waals surface area contributed by atoms with Gasteiger partial charge < -0.3 is 16.0 Å². The van der Waals surface area contributed by atoms with E-state index in [2.05, 4.69) is 84.4 Å². The molecule has 1 aromatic heterocycles. The number of nitrogens with two attached hydrogens (primary N) is 1. The van der Waals surface area contributed by atoms with Crippen LogP contribution in [0.25, 0.3) is 22.3 Å². The lowest BCUT2D eigenvalue weighted by atomic mass is 9.94. The fourth-order valence-corrected chi connectivity index (χ4v) is 4.35. The molecule has 6 nitrogen and oxygen atoms in total. The SMILES string of the molecule is CC(C)CN(CN(C)C)c1ccc(-c2cnc(N)c(-c3ccc4c(c3)CCNC4=O)c2)cc1. The van der Waals surface area contributed by atoms with Gasteiger partial charge in [-0.1, -0.05) is 38.1 Å². The number of hydrogen-bond acceptors (Lipinski definition) is 5. The van der Waals surface area contributed by atoms with Crippen LogP contribution in [-0.4, -0.2) is 49.6 Å². The summed E-state index contributed by atoms with van der Waals surface area (Å²) in [7, 11) is 4.19. The third-order valence-electron chi connectivity index (χ3n) is 5.86. The summed E-state index contributed by atoms with van der Waals surface area (Å²) in [6, 6.07) is 16.6. The van der Waals surface area contributed by atoms with Crippen LogP contribution < -0.4 is 16.0 Å². The number of nitrogens with one attached hydrogen (secondary N) is 1. The first-order valence-electron chi connectivity index (χ1n) is 11.5. The average Bonchev–Trinajstić information content (AvgIpc) is 2.78. The third-order valence-corrected chi connectivity index (χ3v) is 5.86. The molecule has 1 aliphatic heterocycles. The van der Waals surface area contributed by atoms with E-state index in [-0.39, 0.29) is 5.91 Å². The van der Waals surface area contributed by atoms with Crippen molar-refractivity contribution < 1.29 is 4.79 Å². The van der Waals surface area contributed by atoms with Gasteiger partial charge in [-0.05, 0) is 67.4 Å². The van der Waals surface area contributed by atoms with Gasteiger partial charge in [0, 0.05) is 41.7 Å². The minimum Gasteiger partial charge on any atom is -0.383 e. The Kier molecular flexibility index (Phi) is 6.65. The van der Waals surface area contributed by atoms with Crippen LogP contribution in [0.5, 0.6) is 0 Å². The van der Waals surface area contributed by atoms with Crippen molar-refractivity contribution in [1.29, 1.82) is 0 Å². The Morgan fingerprint density at radius 2 is 1.73 bits per heavy atom. The molecule has 4 rings (SSSR count). The molecule has 0 fully saturated rings. The zero-order valence-electron chi connectivity index (χ0n) is 19.9. The first-order valence-corrected chi connectivity index (χ1v) is 11.5. The van der Waals surface area contributed by atoms with Gasteiger partial charge >= 0.3 is 0 Å². The zero-order valence-corrected chi connectivity index (χ0v) is 19.9. The van der Waals surface area contributed by atoms with E-state index in [1.54, 1.807) is 0 Å². The molecular formula is C27H33N5O. The van der Waals surface area contributed by atoms with Crippen LogP contribution >= 0.6 is 0 Å². The lowest BCUT2D eigenvalue weighted by Crippen LogP contribution is -2.36. The van der Waals surface area contributed by atoms with E-state index in [4.69, 9.17) is 5.73 Å². The summed E-state index contributed by atoms with van der Waals surface area (Å²) < 4.78 is 0. The molecule has 0 saturated heterocycles. The molecule has 6 heteroatoms. The van der Waals surface area contributed by atoms with Crippen LogP contribution in [0.2, 0.25) is 0 Å². The molecule has 1 amide bonds. The minimum absolute atomic E-state index is 0.0106. The number of amides is 1. The van der Waals surface area contributed by atoms with Crippen molar-refractivity contribution >= 4 is 17.4 Å². The Labute approximate surface area is 196 Å². The number of carbonyl (C=O) groups excluding carboxylic acids is 1. The molecular weight excluding hydrogens is 410 g/mol. The summed E-state index contributed by atoms with van der Waals surface area (Å²) in [4.78, 5) is 21.1. The van der Waals surface area contributed by atoms with E-state index in [1.165, 1.54) is 5.69 Å². The van der Waals surface area contributed by atoms with Crippen LogP contribution in [0.4, 0.5) is 11.5 Å². The number of rotatable bonds is 7. The molecule has 2 aromatic carbocycles. The second-order valence-corrected chi connectivity index (χ2v) is 9.42. The second-order valence-electron chi connectivity index (χ2n) is 9.42. The molecule has 3 N–H and O–H groups in total. The normalized spacial score (nSPS) is 13.2. The van der Waals surface area contributed by atoms with Crippen molar-refractivity contribution in [2.24, 2.45) is 5.92 Å². The smallest absolute Gasteiger partial charge is 0.251 e. The van der Waals surface area contributed by atoms with Crippen molar-refractivity contribution in [2.45, 2.75) is 20.3 Å². The summed E-state index contributed by atoms with van der Waals surface area (Å²) >= 11 is 0. The standard InChI is InChI=1S/C27H33N5O/c1-18(2)16-32(17-31(3)4)23-8-5-19(6-9-23)22-14-25(26(28)30-15-22)20-7-10-24-21(13-20)11-12-29-27(24)33/h5-10,13-15,18H,11-12,16-17H2,1-4H3,(H2,28,30)(H,29,33). The molecule has 3 aromatic rings. The summed E-state index contributed by atoms with van der Waals surface area (Å²) in [5, 5.41) is 2.89. The predicted octanol–water partition coefficient (Wildman–Crippen LogP) is 4.27. The molecule has 0 spiro atoms. The maximum atomic E-state index is 12.1. The highest BCUT2D eigenvalue weighted by molar-refractivity contribution is 5.97. The highest BCUT2D eigenvalue weighted by Gasteiger charge is 2.18. The van der Waals surface area contributed by atoms with Gasteiger partial charge in [0.1, 0.15) is 5.82 Å². The van der Waals surface area contributed by atoms with E-state index in [9.17, 15) is 4.79 Å². The largest absolute Gasteiger partial charge is 0.383 e. The second kappa shape index (κ2) is 9.63. The van der Waals surface area contributed by atoms with E-state index < -0.39 is 0 Å². The highest BCUT2D eigenvalue weighted by atomic mass is 16.1. The van der Waals surface area contributed by atoms with Gasteiger partial charge in [0.05, 0.1) is 6.67 Å². The van der Waals surface area contributed by atoms with Crippen LogP contribution in [0.3, 0.4) is 0 Å². The Hall–Kier alpha value is -3.38. The molecule has 33 heavy (non-hydrogen) atoms. The van der Waals surface area contributed by atoms with Gasteiger partial charge in [0.2, 0.25) is 0 Å². The number of benzene rings is 2. The Morgan fingerprint density at radius 1 is 1.00 bits per heavy atom. The highest BCUT2D eigenvalue weighted by Crippen LogP contribution is 2.32. The van der Waals surface area contributed by atoms with Gasteiger partial charge in [-0.2, -0.15) is 0 Å². The van der Waals surface area contributed by atoms with Crippen molar-refractivity contribution in [3.8, 4) is 22.3 Å². The summed E-state index contributed by atoms with van der Waals surface area (Å²) in [5.41, 5.74) is 13.2. The maximum Gasteiger partial charge on any atom is 0.251 e. The lowest BCUT2D eigenvalue weighted by molar-refractivity contribution is 0.0946. The quantitative estimate of drug-likeness (QED) is 0.534. The number of nitrogens with zero attached hydrogens (tertiary/aromatic N) is 3. The molecule has 1 aliphatic rings. The summed E-state index contributed by atoms with van der Waals surface area (Å²) in [6.45, 7) is 7.03. The molecule has 0 atom stereocenters. The molecule has 0 aliphatic carbocycles. The van der Waals surface area contributed by atoms with E-state index in [0.717, 1.165) is 53.0 Å². The number of aromatic nitrogens is 1. The fourth-order valence-electron chi connectivity index (χ4n) is 4.35. The van der Waals surface area contributed by atoms with Gasteiger partial charge in [-0.25, -0.2) is 4.98 Å². The Balaban J connectivity index is 1.63. The van der Waals surface area contributed by atoms with Crippen molar-refractivity contribution in [2.75, 3.05) is 44.5 Å². The van der Waals surface area contributed by atoms with Gasteiger partial charge in [-0.3, -0.25) is 9.69 Å². The molecule has 0 radical (unpaired) electrons. The number of pyridine rings is 1. The third kappa shape index (κ3) is 5.17. The lowest BCUT2D eigenvalue weighted by Gasteiger charge is -2.29. The predicted molar refractivity (Wildman–Crippen MR) is 136 cm³/mol. The summed E-state index contributed by atoms with van der Waals surface area (Å²) in [6.07, 6.45) is 2.65. The number of anilines is 2. The number of carbonyl (C=O) groups is 1. The van der Waals surface area contributed by atoms with Crippen molar-refractivity contribution in [1.82, 2.24) is 15.2 Å². The first kappa shape index (κ1) is 22.8. The number of nitrogen functional groups attached to an aromatic ring is 1. The minimum atomic E-state index is -0.0106. The Bertz CT molecular complexity index is 1130. The fraction of sp³-hybridized carbons (Fsp3) is 0.333. The molecule has 0 saturated carbocycles. The maximum absolute atomic E-state index is 12.1. The topological polar surface area (TPSA) is 74.5 Å². The number of hydrogen-bond donors (Lipinski definition) is 2. The monoisotopic (exact) mass is 443 g/mol. The van der Waals surface area contributed by atoms with Gasteiger partial charge in [-0.15, -0.1) is 0 Å². The first-order chi connectivity index (χ1) is 15.8. The zero-order chi connectivity index (χ0) is 23.5. The molecule has 2 heterocycles. The van der Waals surface area contributed by atoms with Crippen LogP contribution in [0, 0.1) is 5.92 Å². The van der Waals surface area contributed by atoms with Gasteiger partial charge in [0.15, 0.2) is 0 Å². The number of fused-ring (bicyclic) bond motifs is 1. The molecule has 172 valence electrons. The van der Waals surface area contributed by atoms with Crippen molar-refractivity contribution in [3.63, 3.8) is 0 Å². The summed E-state index contributed by atoms with van der Waals surface area (Å²) in [5.74, 6) is 1.06. The van der Waals surface area contributed by atoms with E-state index >= 15 is 0 Å². The van der Waals surface area contributed by atoms with Gasteiger partial charge in [0.25, 0.3) is 5.91 Å². The average molecular weight is 444 g/mol. The van der Waals surface area contributed by atoms with E-state index in [1.807, 2.05) is 18.3 Å². The van der Waals surface area contributed by atoms with Crippen molar-refractivity contribution in [3.05, 3.63) is 65.9 Å². The van der Waals surface area contributed by atoms with Crippen LogP contribution in [-0.2, 0) is 6.42 Å². The molecule has 0 unspecified atom stereocenters. The van der Waals surface area contributed by atoms with Crippen LogP contribution in [0.15, 0.2) is 54.7 Å². The molecule has 0 bridgehead atoms. The van der Waals surface area contributed by atoms with Crippen LogP contribution in [0.1, 0.15) is 29.8 Å².